The van der Waals surface area contributed by atoms with Crippen molar-refractivity contribution in [3.63, 3.8) is 0 Å². The van der Waals surface area contributed by atoms with Crippen molar-refractivity contribution in [2.24, 2.45) is 5.84 Å². The van der Waals surface area contributed by atoms with E-state index in [0.717, 1.165) is 18.1 Å². The first-order valence-electron chi connectivity index (χ1n) is 6.40. The van der Waals surface area contributed by atoms with Gasteiger partial charge in [0.15, 0.2) is 0 Å². The van der Waals surface area contributed by atoms with Gasteiger partial charge in [0, 0.05) is 12.2 Å². The summed E-state index contributed by atoms with van der Waals surface area (Å²) < 4.78 is 0. The number of nitrogens with zero attached hydrogens (tertiary/aromatic N) is 3. The maximum atomic E-state index is 5.33. The first kappa shape index (κ1) is 12.4. The molecule has 0 unspecified atom stereocenters. The Morgan fingerprint density at radius 2 is 2.32 bits per heavy atom. The molecule has 1 aromatic carbocycles. The van der Waals surface area contributed by atoms with Gasteiger partial charge in [-0.25, -0.2) is 5.84 Å². The quantitative estimate of drug-likeness (QED) is 0.663. The number of rotatable bonds is 3. The second-order valence-corrected chi connectivity index (χ2v) is 5.86. The van der Waals surface area contributed by atoms with Crippen molar-refractivity contribution in [1.29, 1.82) is 0 Å². The molecular weight excluding hydrogens is 258 g/mol. The van der Waals surface area contributed by atoms with Crippen molar-refractivity contribution in [3.05, 3.63) is 34.3 Å². The molecule has 100 valence electrons. The number of aryl methyl sites for hydroxylation is 2. The highest BCUT2D eigenvalue weighted by molar-refractivity contribution is 7.15. The van der Waals surface area contributed by atoms with Gasteiger partial charge in [0.25, 0.3) is 0 Å². The Bertz CT molecular complexity index is 580. The molecule has 1 aromatic heterocycles. The predicted molar refractivity (Wildman–Crippen MR) is 78.3 cm³/mol. The number of hydrogen-bond donors (Lipinski definition) is 2. The van der Waals surface area contributed by atoms with E-state index in [9.17, 15) is 0 Å². The lowest BCUT2D eigenvalue weighted by molar-refractivity contribution is 0.686. The molecule has 6 heteroatoms. The van der Waals surface area contributed by atoms with Crippen LogP contribution in [0.4, 0.5) is 10.8 Å². The molecular formula is C13H17N5S. The molecule has 0 saturated carbocycles. The summed E-state index contributed by atoms with van der Waals surface area (Å²) >= 11 is 1.50. The van der Waals surface area contributed by atoms with E-state index in [0.29, 0.717) is 5.13 Å². The van der Waals surface area contributed by atoms with E-state index in [1.807, 2.05) is 0 Å². The second kappa shape index (κ2) is 5.14. The van der Waals surface area contributed by atoms with E-state index in [1.54, 1.807) is 0 Å². The summed E-state index contributed by atoms with van der Waals surface area (Å²) in [4.78, 5) is 2.37. The van der Waals surface area contributed by atoms with Crippen LogP contribution in [0.25, 0.3) is 0 Å². The van der Waals surface area contributed by atoms with Gasteiger partial charge >= 0.3 is 0 Å². The number of nitrogen functional groups attached to an aromatic ring is 1. The Morgan fingerprint density at radius 1 is 1.42 bits per heavy atom. The van der Waals surface area contributed by atoms with Crippen molar-refractivity contribution < 1.29 is 0 Å². The van der Waals surface area contributed by atoms with Crippen molar-refractivity contribution in [2.75, 3.05) is 16.9 Å². The Hall–Kier alpha value is -1.66. The molecule has 0 spiro atoms. The van der Waals surface area contributed by atoms with Crippen LogP contribution in [0.3, 0.4) is 0 Å². The molecule has 0 amide bonds. The summed E-state index contributed by atoms with van der Waals surface area (Å²) in [5, 5.41) is 9.78. The Balaban J connectivity index is 1.83. The van der Waals surface area contributed by atoms with Crippen LogP contribution in [0.5, 0.6) is 0 Å². The first-order valence-corrected chi connectivity index (χ1v) is 7.21. The number of nitrogens with one attached hydrogen (secondary N) is 1. The van der Waals surface area contributed by atoms with Gasteiger partial charge in [-0.15, -0.1) is 10.2 Å². The minimum absolute atomic E-state index is 0.663. The number of anilines is 2. The lowest BCUT2D eigenvalue weighted by Gasteiger charge is -2.30. The summed E-state index contributed by atoms with van der Waals surface area (Å²) in [7, 11) is 0. The van der Waals surface area contributed by atoms with Crippen molar-refractivity contribution in [2.45, 2.75) is 26.3 Å². The summed E-state index contributed by atoms with van der Waals surface area (Å²) in [6.07, 6.45) is 2.36. The lowest BCUT2D eigenvalue weighted by Crippen LogP contribution is -2.28. The molecule has 2 aromatic rings. The van der Waals surface area contributed by atoms with Gasteiger partial charge in [0.2, 0.25) is 5.13 Å². The van der Waals surface area contributed by atoms with Gasteiger partial charge in [0.1, 0.15) is 5.01 Å². The molecule has 5 nitrogen and oxygen atoms in total. The monoisotopic (exact) mass is 275 g/mol. The number of fused-ring (bicyclic) bond motifs is 1. The van der Waals surface area contributed by atoms with E-state index < -0.39 is 0 Å². The standard InChI is InChI=1S/C13H17N5S/c1-9-4-5-11-10(7-9)3-2-6-18(11)8-12-16-17-13(15-14)19-12/h4-5,7H,2-3,6,8,14H2,1H3,(H,15,17). The van der Waals surface area contributed by atoms with Crippen LogP contribution in [0.1, 0.15) is 22.6 Å². The highest BCUT2D eigenvalue weighted by Gasteiger charge is 2.18. The zero-order valence-electron chi connectivity index (χ0n) is 10.9. The molecule has 3 rings (SSSR count). The Labute approximate surface area is 116 Å². The molecule has 1 aliphatic heterocycles. The number of benzene rings is 1. The van der Waals surface area contributed by atoms with E-state index in [1.165, 1.54) is 41.0 Å². The van der Waals surface area contributed by atoms with E-state index in [2.05, 4.69) is 45.6 Å². The molecule has 0 radical (unpaired) electrons. The van der Waals surface area contributed by atoms with Crippen LogP contribution in [-0.4, -0.2) is 16.7 Å². The third-order valence-corrected chi connectivity index (χ3v) is 4.21. The fourth-order valence-corrected chi connectivity index (χ4v) is 3.17. The largest absolute Gasteiger partial charge is 0.364 e. The summed E-state index contributed by atoms with van der Waals surface area (Å²) in [5.41, 5.74) is 6.63. The van der Waals surface area contributed by atoms with Gasteiger partial charge < -0.3 is 4.90 Å². The zero-order chi connectivity index (χ0) is 13.2. The lowest BCUT2D eigenvalue weighted by atomic mass is 10.00. The van der Waals surface area contributed by atoms with E-state index in [4.69, 9.17) is 5.84 Å². The fourth-order valence-electron chi connectivity index (χ4n) is 2.51. The Kier molecular flexibility index (Phi) is 3.35. The molecule has 2 heterocycles. The van der Waals surface area contributed by atoms with Crippen molar-refractivity contribution in [3.8, 4) is 0 Å². The number of nitrogens with two attached hydrogens (primary N) is 1. The maximum absolute atomic E-state index is 5.33. The highest BCUT2D eigenvalue weighted by atomic mass is 32.1. The molecule has 0 aliphatic carbocycles. The van der Waals surface area contributed by atoms with Crippen molar-refractivity contribution in [1.82, 2.24) is 10.2 Å². The van der Waals surface area contributed by atoms with Gasteiger partial charge in [-0.1, -0.05) is 29.0 Å². The SMILES string of the molecule is Cc1ccc2c(c1)CCCN2Cc1nnc(NN)s1. The average Bonchev–Trinajstić information content (AvgIpc) is 2.86. The van der Waals surface area contributed by atoms with Crippen LogP contribution in [0.2, 0.25) is 0 Å². The van der Waals surface area contributed by atoms with Crippen LogP contribution in [-0.2, 0) is 13.0 Å². The number of aromatic nitrogens is 2. The van der Waals surface area contributed by atoms with Gasteiger partial charge in [0.05, 0.1) is 6.54 Å². The molecule has 0 atom stereocenters. The smallest absolute Gasteiger partial charge is 0.219 e. The fraction of sp³-hybridized carbons (Fsp3) is 0.385. The third-order valence-electron chi connectivity index (χ3n) is 3.37. The average molecular weight is 275 g/mol. The predicted octanol–water partition coefficient (Wildman–Crippen LogP) is 2.08. The molecule has 0 fully saturated rings. The van der Waals surface area contributed by atoms with Crippen LogP contribution in [0.15, 0.2) is 18.2 Å². The third kappa shape index (κ3) is 2.54. The van der Waals surface area contributed by atoms with Crippen LogP contribution >= 0.6 is 11.3 Å². The number of hydrogen-bond acceptors (Lipinski definition) is 6. The topological polar surface area (TPSA) is 67.1 Å². The molecule has 19 heavy (non-hydrogen) atoms. The van der Waals surface area contributed by atoms with Gasteiger partial charge in [-0.05, 0) is 31.4 Å². The zero-order valence-corrected chi connectivity index (χ0v) is 11.7. The van der Waals surface area contributed by atoms with Gasteiger partial charge in [-0.2, -0.15) is 0 Å². The van der Waals surface area contributed by atoms with Crippen molar-refractivity contribution >= 4 is 22.2 Å². The summed E-state index contributed by atoms with van der Waals surface area (Å²) in [5.74, 6) is 5.33. The molecule has 1 aliphatic rings. The summed E-state index contributed by atoms with van der Waals surface area (Å²) in [6.45, 7) is 4.01. The van der Waals surface area contributed by atoms with Crippen LogP contribution < -0.4 is 16.2 Å². The molecule has 3 N–H and O–H groups in total. The maximum Gasteiger partial charge on any atom is 0.219 e. The minimum atomic E-state index is 0.663. The molecule has 0 bridgehead atoms. The van der Waals surface area contributed by atoms with Gasteiger partial charge in [-0.3, -0.25) is 5.43 Å². The van der Waals surface area contributed by atoms with E-state index >= 15 is 0 Å². The molecule has 0 saturated heterocycles. The van der Waals surface area contributed by atoms with E-state index in [-0.39, 0.29) is 0 Å². The Morgan fingerprint density at radius 3 is 3.11 bits per heavy atom. The normalized spacial score (nSPS) is 14.3. The second-order valence-electron chi connectivity index (χ2n) is 4.80. The minimum Gasteiger partial charge on any atom is -0.364 e. The highest BCUT2D eigenvalue weighted by Crippen LogP contribution is 2.29. The first-order chi connectivity index (χ1) is 9.26. The summed E-state index contributed by atoms with van der Waals surface area (Å²) in [6, 6.07) is 6.67. The number of hydrazine groups is 1. The van der Waals surface area contributed by atoms with Crippen LogP contribution in [0, 0.1) is 6.92 Å².